The fourth-order valence-electron chi connectivity index (χ4n) is 1.65. The molecule has 84 valence electrons. The van der Waals surface area contributed by atoms with Gasteiger partial charge in [-0.2, -0.15) is 0 Å². The molecule has 0 fully saturated rings. The molecule has 0 amide bonds. The molecule has 1 aromatic rings. The molecule has 0 spiro atoms. The Morgan fingerprint density at radius 2 is 1.93 bits per heavy atom. The molecule has 15 heavy (non-hydrogen) atoms. The Labute approximate surface area is 96.3 Å². The minimum Gasteiger partial charge on any atom is -0.396 e. The summed E-state index contributed by atoms with van der Waals surface area (Å²) in [6.45, 7) is 4.28. The Balaban J connectivity index is 3.06. The monoisotopic (exact) mass is 227 g/mol. The molecule has 1 atom stereocenters. The number of aliphatic hydroxyl groups is 1. The molecule has 2 N–H and O–H groups in total. The Hall–Kier alpha value is -0.570. The van der Waals surface area contributed by atoms with Crippen molar-refractivity contribution in [2.24, 2.45) is 0 Å². The van der Waals surface area contributed by atoms with E-state index in [9.17, 15) is 0 Å². The average Bonchev–Trinajstić information content (AvgIpc) is 2.20. The third-order valence-electron chi connectivity index (χ3n) is 2.75. The molecule has 1 rings (SSSR count). The molecular weight excluding hydrogens is 210 g/mol. The first kappa shape index (κ1) is 12.5. The second-order valence-corrected chi connectivity index (χ2v) is 4.22. The van der Waals surface area contributed by atoms with Crippen LogP contribution in [0.1, 0.15) is 29.2 Å². The van der Waals surface area contributed by atoms with Gasteiger partial charge >= 0.3 is 0 Å². The fraction of sp³-hybridized carbons (Fsp3) is 0.500. The molecular formula is C12H18ClNO. The van der Waals surface area contributed by atoms with Gasteiger partial charge < -0.3 is 10.4 Å². The molecule has 0 heterocycles. The minimum absolute atomic E-state index is 0.127. The van der Waals surface area contributed by atoms with Gasteiger partial charge in [0.15, 0.2) is 0 Å². The number of nitrogens with one attached hydrogen (secondary N) is 1. The van der Waals surface area contributed by atoms with E-state index in [1.807, 2.05) is 20.0 Å². The molecule has 1 aromatic carbocycles. The van der Waals surface area contributed by atoms with Crippen molar-refractivity contribution in [1.82, 2.24) is 5.32 Å². The van der Waals surface area contributed by atoms with Crippen LogP contribution in [0.25, 0.3) is 0 Å². The van der Waals surface area contributed by atoms with Crippen LogP contribution in [-0.4, -0.2) is 18.8 Å². The van der Waals surface area contributed by atoms with E-state index >= 15 is 0 Å². The summed E-state index contributed by atoms with van der Waals surface area (Å²) in [5.74, 6) is 0. The highest BCUT2D eigenvalue weighted by molar-refractivity contribution is 6.31. The largest absolute Gasteiger partial charge is 0.396 e. The van der Waals surface area contributed by atoms with Gasteiger partial charge in [-0.25, -0.2) is 0 Å². The van der Waals surface area contributed by atoms with Crippen molar-refractivity contribution in [2.75, 3.05) is 13.7 Å². The van der Waals surface area contributed by atoms with Crippen molar-refractivity contribution in [3.8, 4) is 0 Å². The van der Waals surface area contributed by atoms with Crippen molar-refractivity contribution in [2.45, 2.75) is 26.3 Å². The molecule has 3 heteroatoms. The predicted octanol–water partition coefficient (Wildman–Crippen LogP) is 2.60. The number of halogens is 1. The highest BCUT2D eigenvalue weighted by atomic mass is 35.5. The number of aliphatic hydroxyl groups excluding tert-OH is 1. The van der Waals surface area contributed by atoms with Gasteiger partial charge in [0.1, 0.15) is 0 Å². The van der Waals surface area contributed by atoms with E-state index in [1.165, 1.54) is 11.1 Å². The minimum atomic E-state index is 0.127. The quantitative estimate of drug-likeness (QED) is 0.829. The zero-order valence-corrected chi connectivity index (χ0v) is 10.2. The van der Waals surface area contributed by atoms with E-state index < -0.39 is 0 Å². The zero-order valence-electron chi connectivity index (χ0n) is 9.47. The Morgan fingerprint density at radius 1 is 1.33 bits per heavy atom. The van der Waals surface area contributed by atoms with E-state index in [0.29, 0.717) is 6.42 Å². The Bertz CT molecular complexity index is 339. The van der Waals surface area contributed by atoms with Crippen molar-refractivity contribution < 1.29 is 5.11 Å². The number of benzene rings is 1. The van der Waals surface area contributed by atoms with Gasteiger partial charge in [-0.05, 0) is 50.1 Å². The van der Waals surface area contributed by atoms with Crippen LogP contribution in [0.4, 0.5) is 0 Å². The van der Waals surface area contributed by atoms with Crippen LogP contribution in [-0.2, 0) is 0 Å². The van der Waals surface area contributed by atoms with Crippen LogP contribution >= 0.6 is 11.6 Å². The normalized spacial score (nSPS) is 12.9. The number of hydrogen-bond donors (Lipinski definition) is 2. The van der Waals surface area contributed by atoms with Crippen LogP contribution in [0, 0.1) is 13.8 Å². The van der Waals surface area contributed by atoms with Gasteiger partial charge in [0.2, 0.25) is 0 Å². The number of rotatable bonds is 4. The summed E-state index contributed by atoms with van der Waals surface area (Å²) >= 11 is 6.19. The molecule has 0 aromatic heterocycles. The van der Waals surface area contributed by atoms with Crippen molar-refractivity contribution in [3.05, 3.63) is 33.8 Å². The van der Waals surface area contributed by atoms with E-state index in [0.717, 1.165) is 10.6 Å². The third-order valence-corrected chi connectivity index (χ3v) is 3.08. The summed E-state index contributed by atoms with van der Waals surface area (Å²) in [5, 5.41) is 12.9. The van der Waals surface area contributed by atoms with Crippen molar-refractivity contribution >= 4 is 11.6 Å². The first-order chi connectivity index (χ1) is 7.10. The van der Waals surface area contributed by atoms with Crippen LogP contribution in [0.15, 0.2) is 12.1 Å². The van der Waals surface area contributed by atoms with Gasteiger partial charge in [0, 0.05) is 17.7 Å². The lowest BCUT2D eigenvalue weighted by molar-refractivity contribution is 0.269. The van der Waals surface area contributed by atoms with Crippen molar-refractivity contribution in [1.29, 1.82) is 0 Å². The molecule has 0 saturated carbocycles. The SMILES string of the molecule is CNC(CCO)c1cc(C)c(C)cc1Cl. The van der Waals surface area contributed by atoms with Crippen LogP contribution in [0.3, 0.4) is 0 Å². The lowest BCUT2D eigenvalue weighted by Gasteiger charge is -2.18. The zero-order chi connectivity index (χ0) is 11.4. The van der Waals surface area contributed by atoms with Gasteiger partial charge in [-0.1, -0.05) is 17.7 Å². The summed E-state index contributed by atoms with van der Waals surface area (Å²) in [6, 6.07) is 4.20. The summed E-state index contributed by atoms with van der Waals surface area (Å²) in [6.07, 6.45) is 0.679. The number of hydrogen-bond acceptors (Lipinski definition) is 2. The highest BCUT2D eigenvalue weighted by Gasteiger charge is 2.13. The molecule has 0 aliphatic heterocycles. The number of aryl methyl sites for hydroxylation is 2. The summed E-state index contributed by atoms with van der Waals surface area (Å²) < 4.78 is 0. The topological polar surface area (TPSA) is 32.3 Å². The Morgan fingerprint density at radius 3 is 2.47 bits per heavy atom. The second-order valence-electron chi connectivity index (χ2n) is 3.81. The van der Waals surface area contributed by atoms with Gasteiger partial charge in [0.05, 0.1) is 0 Å². The highest BCUT2D eigenvalue weighted by Crippen LogP contribution is 2.27. The smallest absolute Gasteiger partial charge is 0.0456 e. The maximum absolute atomic E-state index is 8.96. The molecule has 0 bridgehead atoms. The molecule has 0 aliphatic carbocycles. The molecule has 0 aliphatic rings. The summed E-state index contributed by atoms with van der Waals surface area (Å²) in [5.41, 5.74) is 3.49. The lowest BCUT2D eigenvalue weighted by atomic mass is 9.99. The van der Waals surface area contributed by atoms with E-state index in [-0.39, 0.29) is 12.6 Å². The average molecular weight is 228 g/mol. The standard InChI is InChI=1S/C12H18ClNO/c1-8-6-10(11(13)7-9(8)2)12(14-3)4-5-15/h6-7,12,14-15H,4-5H2,1-3H3. The summed E-state index contributed by atoms with van der Waals surface area (Å²) in [7, 11) is 1.88. The van der Waals surface area contributed by atoms with Gasteiger partial charge in [0.25, 0.3) is 0 Å². The van der Waals surface area contributed by atoms with E-state index in [2.05, 4.69) is 18.3 Å². The Kier molecular flexibility index (Phi) is 4.58. The molecule has 0 radical (unpaired) electrons. The van der Waals surface area contributed by atoms with Crippen LogP contribution < -0.4 is 5.32 Å². The van der Waals surface area contributed by atoms with Crippen molar-refractivity contribution in [3.63, 3.8) is 0 Å². The fourth-order valence-corrected chi connectivity index (χ4v) is 2.00. The third kappa shape index (κ3) is 2.94. The summed E-state index contributed by atoms with van der Waals surface area (Å²) in [4.78, 5) is 0. The maximum Gasteiger partial charge on any atom is 0.0456 e. The van der Waals surface area contributed by atoms with E-state index in [1.54, 1.807) is 0 Å². The first-order valence-electron chi connectivity index (χ1n) is 5.15. The van der Waals surface area contributed by atoms with E-state index in [4.69, 9.17) is 16.7 Å². The molecule has 0 saturated heterocycles. The molecule has 2 nitrogen and oxygen atoms in total. The van der Waals surface area contributed by atoms with Crippen LogP contribution in [0.5, 0.6) is 0 Å². The first-order valence-corrected chi connectivity index (χ1v) is 5.52. The maximum atomic E-state index is 8.96. The van der Waals surface area contributed by atoms with Crippen LogP contribution in [0.2, 0.25) is 5.02 Å². The van der Waals surface area contributed by atoms with Gasteiger partial charge in [-0.15, -0.1) is 0 Å². The van der Waals surface area contributed by atoms with Gasteiger partial charge in [-0.3, -0.25) is 0 Å². The second kappa shape index (κ2) is 5.50. The lowest BCUT2D eigenvalue weighted by Crippen LogP contribution is -2.18. The predicted molar refractivity (Wildman–Crippen MR) is 64.4 cm³/mol. The molecule has 1 unspecified atom stereocenters.